The van der Waals surface area contributed by atoms with E-state index in [1.54, 1.807) is 25.2 Å². The topological polar surface area (TPSA) is 58.2 Å². The average molecular weight is 303 g/mol. The van der Waals surface area contributed by atoms with Gasteiger partial charge in [0.05, 0.1) is 4.90 Å². The van der Waals surface area contributed by atoms with Crippen LogP contribution < -0.4 is 10.0 Å². The maximum absolute atomic E-state index is 12.3. The van der Waals surface area contributed by atoms with Crippen molar-refractivity contribution >= 4 is 21.6 Å². The van der Waals surface area contributed by atoms with Gasteiger partial charge in [-0.05, 0) is 56.5 Å². The fraction of sp³-hybridized carbons (Fsp3) is 0.538. The van der Waals surface area contributed by atoms with E-state index in [-0.39, 0.29) is 10.9 Å². The molecule has 0 radical (unpaired) electrons. The van der Waals surface area contributed by atoms with Gasteiger partial charge in [-0.1, -0.05) is 11.6 Å². The van der Waals surface area contributed by atoms with Crippen LogP contribution in [0.15, 0.2) is 23.1 Å². The lowest BCUT2D eigenvalue weighted by Gasteiger charge is -2.14. The number of rotatable bonds is 6. The van der Waals surface area contributed by atoms with Crippen LogP contribution in [0.1, 0.15) is 25.3 Å². The normalized spacial score (nSPS) is 17.4. The van der Waals surface area contributed by atoms with E-state index in [1.165, 1.54) is 0 Å². The van der Waals surface area contributed by atoms with Crippen LogP contribution in [0.25, 0.3) is 0 Å². The van der Waals surface area contributed by atoms with E-state index < -0.39 is 10.0 Å². The van der Waals surface area contributed by atoms with Gasteiger partial charge in [0, 0.05) is 17.6 Å². The summed E-state index contributed by atoms with van der Waals surface area (Å²) in [6.45, 7) is 2.46. The molecule has 0 spiro atoms. The lowest BCUT2D eigenvalue weighted by atomic mass is 10.2. The largest absolute Gasteiger partial charge is 0.316 e. The summed E-state index contributed by atoms with van der Waals surface area (Å²) in [6, 6.07) is 4.79. The number of sulfonamides is 1. The summed E-state index contributed by atoms with van der Waals surface area (Å²) in [5, 5.41) is 3.55. The Morgan fingerprint density at radius 1 is 1.42 bits per heavy atom. The lowest BCUT2D eigenvalue weighted by molar-refractivity contribution is 0.538. The van der Waals surface area contributed by atoms with Crippen molar-refractivity contribution in [1.29, 1.82) is 0 Å². The van der Waals surface area contributed by atoms with E-state index in [9.17, 15) is 8.42 Å². The van der Waals surface area contributed by atoms with E-state index in [0.717, 1.165) is 18.4 Å². The van der Waals surface area contributed by atoms with Gasteiger partial charge >= 0.3 is 0 Å². The van der Waals surface area contributed by atoms with E-state index in [1.807, 2.05) is 6.92 Å². The maximum Gasteiger partial charge on any atom is 0.240 e. The van der Waals surface area contributed by atoms with Crippen LogP contribution in [0.3, 0.4) is 0 Å². The molecule has 1 saturated carbocycles. The molecule has 2 rings (SSSR count). The second kappa shape index (κ2) is 5.79. The first-order valence-electron chi connectivity index (χ1n) is 6.39. The monoisotopic (exact) mass is 302 g/mol. The van der Waals surface area contributed by atoms with Gasteiger partial charge in [-0.25, -0.2) is 13.1 Å². The Labute approximate surface area is 119 Å². The Hall–Kier alpha value is -0.620. The number of hydrogen-bond donors (Lipinski definition) is 2. The van der Waals surface area contributed by atoms with Crippen LogP contribution >= 0.6 is 11.6 Å². The zero-order valence-electron chi connectivity index (χ0n) is 11.1. The highest BCUT2D eigenvalue weighted by molar-refractivity contribution is 7.89. The Balaban J connectivity index is 2.21. The number of halogens is 1. The van der Waals surface area contributed by atoms with Crippen molar-refractivity contribution in [2.24, 2.45) is 5.92 Å². The van der Waals surface area contributed by atoms with Crippen molar-refractivity contribution in [2.45, 2.75) is 37.2 Å². The number of nitrogens with one attached hydrogen (secondary N) is 2. The third-order valence-corrected chi connectivity index (χ3v) is 5.29. The highest BCUT2D eigenvalue weighted by atomic mass is 35.5. The first-order valence-corrected chi connectivity index (χ1v) is 8.25. The fourth-order valence-electron chi connectivity index (χ4n) is 2.05. The molecule has 1 atom stereocenters. The molecular weight excluding hydrogens is 284 g/mol. The second-order valence-electron chi connectivity index (χ2n) is 5.03. The molecule has 1 aromatic rings. The third-order valence-electron chi connectivity index (χ3n) is 3.36. The van der Waals surface area contributed by atoms with Crippen molar-refractivity contribution in [3.05, 3.63) is 28.8 Å². The molecule has 0 amide bonds. The van der Waals surface area contributed by atoms with Crippen LogP contribution in [-0.4, -0.2) is 21.5 Å². The summed E-state index contributed by atoms with van der Waals surface area (Å²) < 4.78 is 27.3. The van der Waals surface area contributed by atoms with Crippen LogP contribution in [0.4, 0.5) is 0 Å². The molecule has 1 aliphatic carbocycles. The highest BCUT2D eigenvalue weighted by Crippen LogP contribution is 2.33. The summed E-state index contributed by atoms with van der Waals surface area (Å²) in [5.74, 6) is 0.485. The van der Waals surface area contributed by atoms with Gasteiger partial charge in [0.2, 0.25) is 10.0 Å². The van der Waals surface area contributed by atoms with E-state index in [4.69, 9.17) is 11.6 Å². The Kier molecular flexibility index (Phi) is 4.50. The van der Waals surface area contributed by atoms with Crippen molar-refractivity contribution in [3.8, 4) is 0 Å². The van der Waals surface area contributed by atoms with Crippen molar-refractivity contribution in [2.75, 3.05) is 7.05 Å². The minimum Gasteiger partial charge on any atom is -0.316 e. The summed E-state index contributed by atoms with van der Waals surface area (Å²) in [4.78, 5) is 0.273. The van der Waals surface area contributed by atoms with E-state index >= 15 is 0 Å². The van der Waals surface area contributed by atoms with E-state index in [0.29, 0.717) is 17.5 Å². The average Bonchev–Trinajstić information content (AvgIpc) is 3.15. The highest BCUT2D eigenvalue weighted by Gasteiger charge is 2.31. The van der Waals surface area contributed by atoms with E-state index in [2.05, 4.69) is 10.0 Å². The summed E-state index contributed by atoms with van der Waals surface area (Å²) in [6.07, 6.45) is 2.21. The predicted molar refractivity (Wildman–Crippen MR) is 76.7 cm³/mol. The SMILES string of the molecule is CNCc1cc(S(=O)(=O)NC(C)C2CC2)ccc1Cl. The van der Waals surface area contributed by atoms with Crippen molar-refractivity contribution < 1.29 is 8.42 Å². The molecular formula is C13H19ClN2O2S. The molecule has 0 saturated heterocycles. The molecule has 1 aliphatic rings. The minimum absolute atomic E-state index is 0.00608. The minimum atomic E-state index is -3.46. The van der Waals surface area contributed by atoms with Crippen LogP contribution in [0.2, 0.25) is 5.02 Å². The maximum atomic E-state index is 12.3. The lowest BCUT2D eigenvalue weighted by Crippen LogP contribution is -2.34. The molecule has 0 aliphatic heterocycles. The molecule has 2 N–H and O–H groups in total. The number of benzene rings is 1. The molecule has 6 heteroatoms. The Morgan fingerprint density at radius 3 is 2.68 bits per heavy atom. The molecule has 1 aromatic carbocycles. The van der Waals surface area contributed by atoms with Crippen molar-refractivity contribution in [3.63, 3.8) is 0 Å². The molecule has 0 bridgehead atoms. The quantitative estimate of drug-likeness (QED) is 0.846. The van der Waals surface area contributed by atoms with Gasteiger partial charge in [0.1, 0.15) is 0 Å². The van der Waals surface area contributed by atoms with Crippen LogP contribution in [0.5, 0.6) is 0 Å². The van der Waals surface area contributed by atoms with Gasteiger partial charge in [0.25, 0.3) is 0 Å². The Morgan fingerprint density at radius 2 is 2.11 bits per heavy atom. The van der Waals surface area contributed by atoms with Crippen molar-refractivity contribution in [1.82, 2.24) is 10.0 Å². The molecule has 1 fully saturated rings. The standard InChI is InChI=1S/C13H19ClN2O2S/c1-9(10-3-4-10)16-19(17,18)12-5-6-13(14)11(7-12)8-15-2/h5-7,9-10,15-16H,3-4,8H2,1-2H3. The number of hydrogen-bond acceptors (Lipinski definition) is 3. The predicted octanol–water partition coefficient (Wildman–Crippen LogP) is 2.14. The first kappa shape index (κ1) is 14.8. The van der Waals surface area contributed by atoms with Crippen LogP contribution in [0, 0.1) is 5.92 Å². The summed E-state index contributed by atoms with van der Waals surface area (Å²) in [5.41, 5.74) is 0.783. The zero-order valence-corrected chi connectivity index (χ0v) is 12.7. The molecule has 0 aromatic heterocycles. The molecule has 1 unspecified atom stereocenters. The van der Waals surface area contributed by atoms with Gasteiger partial charge in [0.15, 0.2) is 0 Å². The molecule has 4 nitrogen and oxygen atoms in total. The molecule has 0 heterocycles. The van der Waals surface area contributed by atoms with Crippen LogP contribution in [-0.2, 0) is 16.6 Å². The summed E-state index contributed by atoms with van der Waals surface area (Å²) >= 11 is 6.04. The zero-order chi connectivity index (χ0) is 14.0. The molecule has 19 heavy (non-hydrogen) atoms. The molecule has 106 valence electrons. The first-order chi connectivity index (χ1) is 8.94. The third kappa shape index (κ3) is 3.69. The van der Waals surface area contributed by atoms with Gasteiger partial charge in [-0.15, -0.1) is 0 Å². The summed E-state index contributed by atoms with van der Waals surface area (Å²) in [7, 11) is -1.66. The van der Waals surface area contributed by atoms with Gasteiger partial charge in [-0.3, -0.25) is 0 Å². The van der Waals surface area contributed by atoms with Gasteiger partial charge < -0.3 is 5.32 Å². The van der Waals surface area contributed by atoms with Gasteiger partial charge in [-0.2, -0.15) is 0 Å². The second-order valence-corrected chi connectivity index (χ2v) is 7.15. The smallest absolute Gasteiger partial charge is 0.240 e. The Bertz CT molecular complexity index is 556. The fourth-order valence-corrected chi connectivity index (χ4v) is 3.60.